The predicted octanol–water partition coefficient (Wildman–Crippen LogP) is 4.71. The van der Waals surface area contributed by atoms with Gasteiger partial charge >= 0.3 is 0 Å². The molecule has 2 nitrogen and oxygen atoms in total. The van der Waals surface area contributed by atoms with Crippen molar-refractivity contribution in [3.8, 4) is 0 Å². The van der Waals surface area contributed by atoms with Gasteiger partial charge in [0.1, 0.15) is 0 Å². The Labute approximate surface area is 125 Å². The number of hydrogen-bond donors (Lipinski definition) is 0. The number of allylic oxidation sites excluding steroid dienone is 2. The Morgan fingerprint density at radius 1 is 1.35 bits per heavy atom. The maximum absolute atomic E-state index is 11.9. The van der Waals surface area contributed by atoms with Crippen molar-refractivity contribution in [1.29, 1.82) is 0 Å². The molecule has 2 aliphatic rings. The van der Waals surface area contributed by atoms with Crippen LogP contribution in [-0.4, -0.2) is 20.7 Å². The summed E-state index contributed by atoms with van der Waals surface area (Å²) in [5.41, 5.74) is 2.64. The van der Waals surface area contributed by atoms with Crippen molar-refractivity contribution < 1.29 is 9.22 Å². The molecule has 1 saturated carbocycles. The molecule has 0 amide bonds. The summed E-state index contributed by atoms with van der Waals surface area (Å²) in [4.78, 5) is 11.9. The molecule has 0 spiro atoms. The standard InChI is InChI=1S/C17H30O2Si/c1-12-13-8-9-17(5,14(13)10-15(12)18)11-19-20(6,7)16(2,3)4/h14H,8-11H2,1-7H3/t14-,17+/m0/s1. The fourth-order valence-corrected chi connectivity index (χ4v) is 4.38. The van der Waals surface area contributed by atoms with E-state index in [9.17, 15) is 4.79 Å². The number of carbonyl (C=O) groups is 1. The van der Waals surface area contributed by atoms with E-state index in [4.69, 9.17) is 4.43 Å². The van der Waals surface area contributed by atoms with E-state index in [0.717, 1.165) is 25.0 Å². The predicted molar refractivity (Wildman–Crippen MR) is 86.3 cm³/mol. The second-order valence-corrected chi connectivity index (χ2v) is 13.3. The molecule has 2 atom stereocenters. The molecule has 0 N–H and O–H groups in total. The van der Waals surface area contributed by atoms with Gasteiger partial charge in [-0.05, 0) is 54.8 Å². The van der Waals surface area contributed by atoms with Crippen molar-refractivity contribution in [2.45, 2.75) is 72.0 Å². The molecule has 0 aromatic heterocycles. The molecule has 0 radical (unpaired) electrons. The molecule has 3 heteroatoms. The molecule has 114 valence electrons. The summed E-state index contributed by atoms with van der Waals surface area (Å²) in [6, 6.07) is 0. The summed E-state index contributed by atoms with van der Waals surface area (Å²) < 4.78 is 6.46. The first-order chi connectivity index (χ1) is 8.98. The van der Waals surface area contributed by atoms with Crippen LogP contribution in [0.2, 0.25) is 18.1 Å². The molecule has 0 aromatic carbocycles. The lowest BCUT2D eigenvalue weighted by Gasteiger charge is -2.40. The van der Waals surface area contributed by atoms with Crippen molar-refractivity contribution >= 4 is 14.1 Å². The Bertz CT molecular complexity index is 456. The van der Waals surface area contributed by atoms with Crippen LogP contribution in [0.1, 0.15) is 53.9 Å². The highest BCUT2D eigenvalue weighted by molar-refractivity contribution is 6.74. The lowest BCUT2D eigenvalue weighted by molar-refractivity contribution is -0.116. The third-order valence-electron chi connectivity index (χ3n) is 6.09. The maximum Gasteiger partial charge on any atom is 0.192 e. The molecule has 0 aliphatic heterocycles. The normalized spacial score (nSPS) is 31.1. The quantitative estimate of drug-likeness (QED) is 0.704. The van der Waals surface area contributed by atoms with Crippen LogP contribution in [0.25, 0.3) is 0 Å². The van der Waals surface area contributed by atoms with Gasteiger partial charge < -0.3 is 4.43 Å². The first-order valence-electron chi connectivity index (χ1n) is 7.85. The van der Waals surface area contributed by atoms with Gasteiger partial charge in [-0.3, -0.25) is 4.79 Å². The highest BCUT2D eigenvalue weighted by atomic mass is 28.4. The summed E-state index contributed by atoms with van der Waals surface area (Å²) in [5.74, 6) is 0.808. The van der Waals surface area contributed by atoms with Gasteiger partial charge in [0.2, 0.25) is 0 Å². The van der Waals surface area contributed by atoms with E-state index in [2.05, 4.69) is 40.8 Å². The zero-order chi connectivity index (χ0) is 15.3. The van der Waals surface area contributed by atoms with Crippen LogP contribution in [0.4, 0.5) is 0 Å². The van der Waals surface area contributed by atoms with Crippen molar-refractivity contribution in [2.75, 3.05) is 6.61 Å². The van der Waals surface area contributed by atoms with Gasteiger partial charge in [0.05, 0.1) is 0 Å². The zero-order valence-electron chi connectivity index (χ0n) is 14.2. The first kappa shape index (κ1) is 16.0. The molecule has 0 bridgehead atoms. The minimum Gasteiger partial charge on any atom is -0.416 e. The lowest BCUT2D eigenvalue weighted by Crippen LogP contribution is -2.44. The van der Waals surface area contributed by atoms with Crippen LogP contribution in [0.15, 0.2) is 11.1 Å². The smallest absolute Gasteiger partial charge is 0.192 e. The van der Waals surface area contributed by atoms with Crippen LogP contribution in [0.3, 0.4) is 0 Å². The molecule has 0 saturated heterocycles. The van der Waals surface area contributed by atoms with Gasteiger partial charge in [0.15, 0.2) is 14.1 Å². The van der Waals surface area contributed by atoms with E-state index in [1.807, 2.05) is 6.92 Å². The van der Waals surface area contributed by atoms with E-state index < -0.39 is 8.32 Å². The second kappa shape index (κ2) is 4.81. The highest BCUT2D eigenvalue weighted by Gasteiger charge is 2.49. The number of ketones is 1. The van der Waals surface area contributed by atoms with Crippen molar-refractivity contribution in [1.82, 2.24) is 0 Å². The first-order valence-corrected chi connectivity index (χ1v) is 10.8. The monoisotopic (exact) mass is 294 g/mol. The molecule has 0 heterocycles. The molecule has 0 aromatic rings. The molecule has 2 aliphatic carbocycles. The molecule has 0 unspecified atom stereocenters. The summed E-state index contributed by atoms with van der Waals surface area (Å²) in [5, 5.41) is 0.252. The number of fused-ring (bicyclic) bond motifs is 1. The largest absolute Gasteiger partial charge is 0.416 e. The summed E-state index contributed by atoms with van der Waals surface area (Å²) in [6.07, 6.45) is 2.99. The lowest BCUT2D eigenvalue weighted by atomic mass is 9.79. The van der Waals surface area contributed by atoms with Gasteiger partial charge in [-0.15, -0.1) is 0 Å². The minimum absolute atomic E-state index is 0.165. The van der Waals surface area contributed by atoms with Crippen LogP contribution >= 0.6 is 0 Å². The fraction of sp³-hybridized carbons (Fsp3) is 0.824. The van der Waals surface area contributed by atoms with Gasteiger partial charge in [-0.2, -0.15) is 0 Å². The third kappa shape index (κ3) is 2.55. The van der Waals surface area contributed by atoms with Crippen LogP contribution < -0.4 is 0 Å². The third-order valence-corrected chi connectivity index (χ3v) is 10.6. The van der Waals surface area contributed by atoms with Gasteiger partial charge in [-0.1, -0.05) is 33.3 Å². The van der Waals surface area contributed by atoms with E-state index in [1.54, 1.807) is 0 Å². The average Bonchev–Trinajstić information content (AvgIpc) is 2.77. The Hall–Kier alpha value is -0.413. The number of Topliss-reactive ketones (excluding diaryl/α,β-unsaturated/α-hetero) is 1. The molecular formula is C17H30O2Si. The second-order valence-electron chi connectivity index (χ2n) is 8.53. The van der Waals surface area contributed by atoms with Gasteiger partial charge in [0.25, 0.3) is 0 Å². The fourth-order valence-electron chi connectivity index (χ4n) is 3.26. The summed E-state index contributed by atoms with van der Waals surface area (Å²) in [6.45, 7) is 16.6. The summed E-state index contributed by atoms with van der Waals surface area (Å²) in [7, 11) is -1.70. The van der Waals surface area contributed by atoms with E-state index in [0.29, 0.717) is 11.7 Å². The van der Waals surface area contributed by atoms with Gasteiger partial charge in [0, 0.05) is 13.0 Å². The highest BCUT2D eigenvalue weighted by Crippen LogP contribution is 2.53. The molecular weight excluding hydrogens is 264 g/mol. The Balaban J connectivity index is 2.10. The number of carbonyl (C=O) groups excluding carboxylic acids is 1. The molecule has 1 fully saturated rings. The van der Waals surface area contributed by atoms with E-state index >= 15 is 0 Å². The van der Waals surface area contributed by atoms with Gasteiger partial charge in [-0.25, -0.2) is 0 Å². The number of hydrogen-bond acceptors (Lipinski definition) is 2. The Morgan fingerprint density at radius 3 is 2.50 bits per heavy atom. The molecule has 2 rings (SSSR count). The maximum atomic E-state index is 11.9. The van der Waals surface area contributed by atoms with Crippen LogP contribution in [0, 0.1) is 11.3 Å². The topological polar surface area (TPSA) is 26.3 Å². The minimum atomic E-state index is -1.70. The zero-order valence-corrected chi connectivity index (χ0v) is 15.2. The van der Waals surface area contributed by atoms with Crippen molar-refractivity contribution in [2.24, 2.45) is 11.3 Å². The number of rotatable bonds is 3. The van der Waals surface area contributed by atoms with Crippen LogP contribution in [-0.2, 0) is 9.22 Å². The van der Waals surface area contributed by atoms with Crippen molar-refractivity contribution in [3.63, 3.8) is 0 Å². The van der Waals surface area contributed by atoms with E-state index in [1.165, 1.54) is 12.0 Å². The van der Waals surface area contributed by atoms with Crippen LogP contribution in [0.5, 0.6) is 0 Å². The Morgan fingerprint density at radius 2 is 1.95 bits per heavy atom. The summed E-state index contributed by atoms with van der Waals surface area (Å²) >= 11 is 0. The molecule has 20 heavy (non-hydrogen) atoms. The average molecular weight is 295 g/mol. The SMILES string of the molecule is CC1=C2CC[C@](C)(CO[Si](C)(C)C(C)(C)C)[C@H]2CC1=O. The van der Waals surface area contributed by atoms with E-state index in [-0.39, 0.29) is 10.5 Å². The van der Waals surface area contributed by atoms with Crippen molar-refractivity contribution in [3.05, 3.63) is 11.1 Å². The Kier molecular flexibility index (Phi) is 3.84.